The van der Waals surface area contributed by atoms with Gasteiger partial charge in [-0.1, -0.05) is 18.6 Å². The van der Waals surface area contributed by atoms with Crippen LogP contribution in [-0.2, 0) is 0 Å². The predicted octanol–water partition coefficient (Wildman–Crippen LogP) is 3.44. The number of nitrogens with one attached hydrogen (secondary N) is 1. The fraction of sp³-hybridized carbons (Fsp3) is 0.455. The Bertz CT molecular complexity index is 771. The van der Waals surface area contributed by atoms with E-state index in [1.165, 1.54) is 37.9 Å². The number of hydrogen-bond acceptors (Lipinski definition) is 3. The Labute approximate surface area is 165 Å². The van der Waals surface area contributed by atoms with E-state index in [0.717, 1.165) is 43.2 Å². The number of amides is 2. The van der Waals surface area contributed by atoms with Crippen LogP contribution in [0.5, 0.6) is 0 Å². The SMILES string of the molecule is O=C(N[C@@H](c1ccncc1)c1ccc(F)cc1)N1CCN(CC2CCC2)CC1. The summed E-state index contributed by atoms with van der Waals surface area (Å²) in [5.74, 6) is 0.570. The van der Waals surface area contributed by atoms with Crippen LogP contribution in [0.3, 0.4) is 0 Å². The normalized spacial score (nSPS) is 19.1. The van der Waals surface area contributed by atoms with E-state index in [-0.39, 0.29) is 17.9 Å². The molecule has 1 aliphatic heterocycles. The molecule has 0 unspecified atom stereocenters. The zero-order valence-corrected chi connectivity index (χ0v) is 16.1. The number of carbonyl (C=O) groups excluding carboxylic acids is 1. The molecule has 1 atom stereocenters. The quantitative estimate of drug-likeness (QED) is 0.862. The largest absolute Gasteiger partial charge is 0.327 e. The van der Waals surface area contributed by atoms with Gasteiger partial charge in [-0.25, -0.2) is 9.18 Å². The van der Waals surface area contributed by atoms with Crippen molar-refractivity contribution in [3.05, 3.63) is 65.7 Å². The van der Waals surface area contributed by atoms with Gasteiger partial charge in [-0.2, -0.15) is 0 Å². The number of piperazine rings is 1. The van der Waals surface area contributed by atoms with E-state index in [2.05, 4.69) is 15.2 Å². The third-order valence-corrected chi connectivity index (χ3v) is 5.91. The van der Waals surface area contributed by atoms with Crippen LogP contribution >= 0.6 is 0 Å². The second kappa shape index (κ2) is 8.69. The van der Waals surface area contributed by atoms with E-state index in [9.17, 15) is 9.18 Å². The Kier molecular flexibility index (Phi) is 5.86. The molecule has 148 valence electrons. The van der Waals surface area contributed by atoms with Crippen LogP contribution in [0, 0.1) is 11.7 Å². The molecule has 1 saturated carbocycles. The summed E-state index contributed by atoms with van der Waals surface area (Å²) in [7, 11) is 0. The van der Waals surface area contributed by atoms with Gasteiger partial charge in [0, 0.05) is 45.1 Å². The molecule has 0 bridgehead atoms. The van der Waals surface area contributed by atoms with Gasteiger partial charge in [0.2, 0.25) is 0 Å². The van der Waals surface area contributed by atoms with Crippen molar-refractivity contribution in [2.24, 2.45) is 5.92 Å². The van der Waals surface area contributed by atoms with E-state index >= 15 is 0 Å². The maximum atomic E-state index is 13.4. The second-order valence-corrected chi connectivity index (χ2v) is 7.80. The first-order valence-corrected chi connectivity index (χ1v) is 10.1. The van der Waals surface area contributed by atoms with Crippen LogP contribution in [-0.4, -0.2) is 53.5 Å². The Morgan fingerprint density at radius 1 is 1.04 bits per heavy atom. The Balaban J connectivity index is 1.40. The summed E-state index contributed by atoms with van der Waals surface area (Å²) in [5.41, 5.74) is 1.78. The molecule has 2 aliphatic rings. The van der Waals surface area contributed by atoms with E-state index in [1.54, 1.807) is 24.5 Å². The summed E-state index contributed by atoms with van der Waals surface area (Å²) >= 11 is 0. The van der Waals surface area contributed by atoms with Gasteiger partial charge >= 0.3 is 6.03 Å². The number of pyridine rings is 1. The Hall–Kier alpha value is -2.47. The number of carbonyl (C=O) groups is 1. The zero-order chi connectivity index (χ0) is 19.3. The minimum absolute atomic E-state index is 0.0746. The van der Waals surface area contributed by atoms with Crippen LogP contribution in [0.4, 0.5) is 9.18 Å². The molecular formula is C22H27FN4O. The van der Waals surface area contributed by atoms with Crippen molar-refractivity contribution in [2.45, 2.75) is 25.3 Å². The number of halogens is 1. The van der Waals surface area contributed by atoms with E-state index in [1.807, 2.05) is 17.0 Å². The van der Waals surface area contributed by atoms with Crippen molar-refractivity contribution in [2.75, 3.05) is 32.7 Å². The van der Waals surface area contributed by atoms with E-state index < -0.39 is 0 Å². The third kappa shape index (κ3) is 4.50. The van der Waals surface area contributed by atoms with Gasteiger partial charge in [0.1, 0.15) is 5.82 Å². The second-order valence-electron chi connectivity index (χ2n) is 7.80. The lowest BCUT2D eigenvalue weighted by atomic mass is 9.85. The standard InChI is InChI=1S/C22H27FN4O/c23-20-6-4-18(5-7-20)21(19-8-10-24-11-9-19)25-22(28)27-14-12-26(13-15-27)16-17-2-1-3-17/h4-11,17,21H,1-3,12-16H2,(H,25,28)/t21-/m1/s1. The average molecular weight is 382 g/mol. The summed E-state index contributed by atoms with van der Waals surface area (Å²) in [6.45, 7) is 4.52. The number of aromatic nitrogens is 1. The van der Waals surface area contributed by atoms with Gasteiger partial charge in [0.15, 0.2) is 0 Å². The Morgan fingerprint density at radius 3 is 2.29 bits per heavy atom. The molecule has 1 aliphatic carbocycles. The third-order valence-electron chi connectivity index (χ3n) is 5.91. The van der Waals surface area contributed by atoms with Gasteiger partial charge < -0.3 is 10.2 Å². The molecule has 5 nitrogen and oxygen atoms in total. The molecule has 1 aromatic carbocycles. The van der Waals surface area contributed by atoms with E-state index in [0.29, 0.717) is 0 Å². The number of rotatable bonds is 5. The summed E-state index contributed by atoms with van der Waals surface area (Å²) in [5, 5.41) is 3.13. The van der Waals surface area contributed by atoms with Crippen LogP contribution in [0.1, 0.15) is 36.4 Å². The molecule has 28 heavy (non-hydrogen) atoms. The van der Waals surface area contributed by atoms with Crippen LogP contribution in [0.2, 0.25) is 0 Å². The molecule has 2 aromatic rings. The molecule has 2 heterocycles. The lowest BCUT2D eigenvalue weighted by molar-refractivity contribution is 0.110. The zero-order valence-electron chi connectivity index (χ0n) is 16.1. The highest BCUT2D eigenvalue weighted by molar-refractivity contribution is 5.75. The summed E-state index contributed by atoms with van der Waals surface area (Å²) in [4.78, 5) is 21.3. The highest BCUT2D eigenvalue weighted by atomic mass is 19.1. The number of nitrogens with zero attached hydrogens (tertiary/aromatic N) is 3. The van der Waals surface area contributed by atoms with Crippen LogP contribution < -0.4 is 5.32 Å². The van der Waals surface area contributed by atoms with Crippen molar-refractivity contribution in [3.63, 3.8) is 0 Å². The monoisotopic (exact) mass is 382 g/mol. The van der Waals surface area contributed by atoms with Gasteiger partial charge in [-0.05, 0) is 54.2 Å². The maximum Gasteiger partial charge on any atom is 0.318 e. The van der Waals surface area contributed by atoms with Crippen molar-refractivity contribution in [1.82, 2.24) is 20.1 Å². The molecule has 4 rings (SSSR count). The highest BCUT2D eigenvalue weighted by Gasteiger charge is 2.27. The fourth-order valence-electron chi connectivity index (χ4n) is 3.96. The molecule has 6 heteroatoms. The number of urea groups is 1. The minimum atomic E-state index is -0.330. The number of benzene rings is 1. The van der Waals surface area contributed by atoms with Gasteiger partial charge in [0.25, 0.3) is 0 Å². The first-order valence-electron chi connectivity index (χ1n) is 10.1. The summed E-state index contributed by atoms with van der Waals surface area (Å²) < 4.78 is 13.4. The van der Waals surface area contributed by atoms with Gasteiger partial charge in [-0.3, -0.25) is 9.88 Å². The molecular weight excluding hydrogens is 355 g/mol. The molecule has 2 fully saturated rings. The first kappa shape index (κ1) is 18.9. The lowest BCUT2D eigenvalue weighted by Gasteiger charge is -2.38. The van der Waals surface area contributed by atoms with Crippen molar-refractivity contribution in [3.8, 4) is 0 Å². The minimum Gasteiger partial charge on any atom is -0.327 e. The molecule has 2 amide bonds. The summed E-state index contributed by atoms with van der Waals surface area (Å²) in [6.07, 6.45) is 7.49. The topological polar surface area (TPSA) is 48.5 Å². The molecule has 0 radical (unpaired) electrons. The van der Waals surface area contributed by atoms with Crippen molar-refractivity contribution >= 4 is 6.03 Å². The van der Waals surface area contributed by atoms with Gasteiger partial charge in [0.05, 0.1) is 6.04 Å². The molecule has 1 saturated heterocycles. The van der Waals surface area contributed by atoms with Gasteiger partial charge in [-0.15, -0.1) is 0 Å². The highest BCUT2D eigenvalue weighted by Crippen LogP contribution is 2.27. The summed E-state index contributed by atoms with van der Waals surface area (Å²) in [6, 6.07) is 9.65. The molecule has 0 spiro atoms. The first-order chi connectivity index (χ1) is 13.7. The van der Waals surface area contributed by atoms with Crippen LogP contribution in [0.25, 0.3) is 0 Å². The smallest absolute Gasteiger partial charge is 0.318 e. The van der Waals surface area contributed by atoms with E-state index in [4.69, 9.17) is 0 Å². The van der Waals surface area contributed by atoms with Crippen LogP contribution in [0.15, 0.2) is 48.8 Å². The maximum absolute atomic E-state index is 13.4. The molecule has 1 N–H and O–H groups in total. The van der Waals surface area contributed by atoms with Crippen molar-refractivity contribution < 1.29 is 9.18 Å². The lowest BCUT2D eigenvalue weighted by Crippen LogP contribution is -2.53. The Morgan fingerprint density at radius 2 is 1.68 bits per heavy atom. The van der Waals surface area contributed by atoms with Crippen molar-refractivity contribution in [1.29, 1.82) is 0 Å². The fourth-order valence-corrected chi connectivity index (χ4v) is 3.96. The average Bonchev–Trinajstić information content (AvgIpc) is 2.71. The molecule has 1 aromatic heterocycles. The number of hydrogen-bond donors (Lipinski definition) is 1. The predicted molar refractivity (Wildman–Crippen MR) is 106 cm³/mol.